The highest BCUT2D eigenvalue weighted by molar-refractivity contribution is 6.04. The molecule has 9 rings (SSSR count). The molecule has 0 aliphatic carbocycles. The Morgan fingerprint density at radius 2 is 0.827 bits per heavy atom. The first-order chi connectivity index (χ1) is 24.9. The van der Waals surface area contributed by atoms with Crippen LogP contribution in [0.5, 0.6) is 5.75 Å². The Morgan fingerprint density at radius 3 is 1.27 bits per heavy atom. The first kappa shape index (κ1) is 31.6. The highest BCUT2D eigenvalue weighted by Gasteiger charge is 2.68. The van der Waals surface area contributed by atoms with Gasteiger partial charge in [0.15, 0.2) is 5.41 Å². The lowest BCUT2D eigenvalue weighted by atomic mass is 9.90. The number of fused-ring (bicyclic) bond motifs is 20. The molecule has 5 heterocycles. The molecule has 0 unspecified atom stereocenters. The second-order valence-electron chi connectivity index (χ2n) is 12.7. The lowest BCUT2D eigenvalue weighted by Gasteiger charge is -2.33. The lowest BCUT2D eigenvalue weighted by Crippen LogP contribution is -2.51. The van der Waals surface area contributed by atoms with Crippen LogP contribution in [0.25, 0.3) is 43.1 Å². The maximum atomic E-state index is 13.9. The zero-order valence-electron chi connectivity index (χ0n) is 26.8. The topological polar surface area (TPSA) is 122 Å². The third kappa shape index (κ3) is 4.79. The number of alkyl halides is 6. The Hall–Kier alpha value is -6.38. The molecule has 52 heavy (non-hydrogen) atoms. The third-order valence-corrected chi connectivity index (χ3v) is 9.44. The molecule has 8 bridgehead atoms. The molecule has 0 saturated carbocycles. The summed E-state index contributed by atoms with van der Waals surface area (Å²) in [7, 11) is 0. The van der Waals surface area contributed by atoms with Crippen molar-refractivity contribution in [2.75, 3.05) is 6.61 Å². The van der Waals surface area contributed by atoms with Crippen LogP contribution in [0.3, 0.4) is 0 Å². The number of ether oxygens (including phenoxy) is 1. The summed E-state index contributed by atoms with van der Waals surface area (Å²) in [6.07, 6.45) is -11.3. The third-order valence-electron chi connectivity index (χ3n) is 9.44. The molecule has 1 aliphatic heterocycles. The standard InChI is InChI=1S/C37H24F6N8O/c1-35(36(38,39)40,37(41,42)43)17-52-25-16-8-15-24-26(25)34-50-32-23-14-7-6-13-22(23)30(48-32)46-28-19-10-3-2-9-18(19)27(44-28)45-29-20-11-4-5-12-21(20)31(47-29)49-33(24)51-34/h2-16H,17H2,1H3,(H4,44,45,46,47,48,49,50,51). The summed E-state index contributed by atoms with van der Waals surface area (Å²) in [5, 5.41) is 4.97. The average Bonchev–Trinajstić information content (AvgIpc) is 3.85. The van der Waals surface area contributed by atoms with Crippen LogP contribution in [0.4, 0.5) is 49.6 Å². The summed E-state index contributed by atoms with van der Waals surface area (Å²) in [6.45, 7) is -1.64. The van der Waals surface area contributed by atoms with Crippen molar-refractivity contribution in [2.45, 2.75) is 19.3 Å². The number of benzene rings is 4. The zero-order chi connectivity index (χ0) is 36.0. The molecule has 0 radical (unpaired) electrons. The number of hydrogen-bond donors (Lipinski definition) is 4. The number of nitrogens with zero attached hydrogens (tertiary/aromatic N) is 4. The molecule has 4 N–H and O–H groups in total. The van der Waals surface area contributed by atoms with Crippen molar-refractivity contribution in [1.82, 2.24) is 19.9 Å². The maximum absolute atomic E-state index is 13.9. The van der Waals surface area contributed by atoms with Crippen molar-refractivity contribution in [1.29, 1.82) is 0 Å². The average molecular weight is 711 g/mol. The molecule has 0 fully saturated rings. The second-order valence-corrected chi connectivity index (χ2v) is 12.7. The van der Waals surface area contributed by atoms with E-state index < -0.39 is 24.4 Å². The Labute approximate surface area is 287 Å². The fourth-order valence-corrected chi connectivity index (χ4v) is 6.46. The van der Waals surface area contributed by atoms with Gasteiger partial charge in [-0.3, -0.25) is 0 Å². The van der Waals surface area contributed by atoms with Gasteiger partial charge in [-0.25, -0.2) is 20.0 Å². The fourth-order valence-electron chi connectivity index (χ4n) is 6.46. The number of aromatic amines is 4. The summed E-state index contributed by atoms with van der Waals surface area (Å²) >= 11 is 0. The van der Waals surface area contributed by atoms with Crippen molar-refractivity contribution in [2.24, 2.45) is 25.4 Å². The Morgan fingerprint density at radius 1 is 0.462 bits per heavy atom. The molecule has 260 valence electrons. The number of H-pyrrole nitrogens is 4. The van der Waals surface area contributed by atoms with Crippen LogP contribution in [-0.4, -0.2) is 38.9 Å². The van der Waals surface area contributed by atoms with Gasteiger partial charge in [0.1, 0.15) is 57.6 Å². The minimum absolute atomic E-state index is 0.0776. The Kier molecular flexibility index (Phi) is 6.72. The number of aromatic nitrogens is 4. The molecule has 8 aromatic rings. The van der Waals surface area contributed by atoms with Crippen molar-refractivity contribution in [3.63, 3.8) is 0 Å². The number of rotatable bonds is 3. The smallest absolute Gasteiger partial charge is 0.406 e. The molecule has 0 spiro atoms. The first-order valence-electron chi connectivity index (χ1n) is 16.0. The van der Waals surface area contributed by atoms with Gasteiger partial charge in [-0.05, 0) is 13.0 Å². The van der Waals surface area contributed by atoms with Gasteiger partial charge in [-0.2, -0.15) is 26.3 Å². The summed E-state index contributed by atoms with van der Waals surface area (Å²) in [5.74, 6) is 1.16. The van der Waals surface area contributed by atoms with Crippen molar-refractivity contribution < 1.29 is 31.1 Å². The van der Waals surface area contributed by atoms with Gasteiger partial charge in [0.2, 0.25) is 0 Å². The molecule has 4 aromatic heterocycles. The molecule has 0 amide bonds. The molecular weight excluding hydrogens is 686 g/mol. The van der Waals surface area contributed by atoms with Gasteiger partial charge >= 0.3 is 12.4 Å². The summed E-state index contributed by atoms with van der Waals surface area (Å²) in [5.41, 5.74) is -2.47. The van der Waals surface area contributed by atoms with Crippen LogP contribution in [0.15, 0.2) is 111 Å². The summed E-state index contributed by atoms with van der Waals surface area (Å²) < 4.78 is 88.7. The molecule has 15 heteroatoms. The van der Waals surface area contributed by atoms with E-state index in [-0.39, 0.29) is 29.7 Å². The van der Waals surface area contributed by atoms with Gasteiger partial charge < -0.3 is 24.7 Å². The van der Waals surface area contributed by atoms with Gasteiger partial charge in [0, 0.05) is 37.7 Å². The van der Waals surface area contributed by atoms with Crippen molar-refractivity contribution in [3.05, 3.63) is 113 Å². The van der Waals surface area contributed by atoms with Crippen LogP contribution in [0, 0.1) is 5.41 Å². The quantitative estimate of drug-likeness (QED) is 0.136. The van der Waals surface area contributed by atoms with Crippen molar-refractivity contribution >= 4 is 66.4 Å². The highest BCUT2D eigenvalue weighted by Crippen LogP contribution is 2.51. The second kappa shape index (κ2) is 11.1. The number of nitrogens with one attached hydrogen (secondary N) is 4. The van der Waals surface area contributed by atoms with Gasteiger partial charge in [0.05, 0.1) is 5.39 Å². The zero-order valence-corrected chi connectivity index (χ0v) is 26.8. The molecule has 1 aliphatic rings. The van der Waals surface area contributed by atoms with Crippen LogP contribution in [0.1, 0.15) is 6.92 Å². The van der Waals surface area contributed by atoms with Crippen LogP contribution in [0.2, 0.25) is 0 Å². The Bertz CT molecular complexity index is 2960. The van der Waals surface area contributed by atoms with E-state index in [0.29, 0.717) is 55.1 Å². The van der Waals surface area contributed by atoms with Gasteiger partial charge in [-0.15, -0.1) is 0 Å². The highest BCUT2D eigenvalue weighted by atomic mass is 19.4. The molecule has 4 aromatic carbocycles. The number of hydrogen-bond acceptors (Lipinski definition) is 5. The van der Waals surface area contributed by atoms with Crippen LogP contribution >= 0.6 is 0 Å². The van der Waals surface area contributed by atoms with E-state index in [1.165, 1.54) is 12.1 Å². The Balaban J connectivity index is 1.38. The van der Waals surface area contributed by atoms with E-state index in [4.69, 9.17) is 24.7 Å². The predicted octanol–water partition coefficient (Wildman–Crippen LogP) is 8.24. The summed E-state index contributed by atoms with van der Waals surface area (Å²) in [4.78, 5) is 32.8. The van der Waals surface area contributed by atoms with E-state index in [1.54, 1.807) is 6.07 Å². The maximum Gasteiger partial charge on any atom is 0.406 e. The van der Waals surface area contributed by atoms with Gasteiger partial charge in [0.25, 0.3) is 0 Å². The minimum Gasteiger partial charge on any atom is -0.492 e. The van der Waals surface area contributed by atoms with Crippen LogP contribution < -0.4 is 26.7 Å². The number of halogens is 6. The summed E-state index contributed by atoms with van der Waals surface area (Å²) in [6, 6.07) is 26.9. The van der Waals surface area contributed by atoms with Gasteiger partial charge in [-0.1, -0.05) is 84.9 Å². The molecule has 0 saturated heterocycles. The fraction of sp³-hybridized carbons (Fsp3) is 0.135. The SMILES string of the molecule is CC(COc1cccc2c3[nH]c(c12)N=c1[nH]c(c2ccccc12)=Nc1[nH]c(c2ccccc12)N=c1[nH]c(c2ccccc12)=N3)(C(F)(F)F)C(F)(F)F. The molecular formula is C37H24F6N8O. The molecule has 0 atom stereocenters. The lowest BCUT2D eigenvalue weighted by molar-refractivity contribution is -0.340. The van der Waals surface area contributed by atoms with E-state index >= 15 is 0 Å². The predicted molar refractivity (Wildman–Crippen MR) is 182 cm³/mol. The monoisotopic (exact) mass is 710 g/mol. The largest absolute Gasteiger partial charge is 0.492 e. The molecule has 9 nitrogen and oxygen atoms in total. The normalized spacial score (nSPS) is 13.6. The van der Waals surface area contributed by atoms with Crippen LogP contribution in [-0.2, 0) is 0 Å². The van der Waals surface area contributed by atoms with E-state index in [2.05, 4.69) is 19.9 Å². The van der Waals surface area contributed by atoms with E-state index in [0.717, 1.165) is 16.2 Å². The van der Waals surface area contributed by atoms with Crippen molar-refractivity contribution in [3.8, 4) is 5.75 Å². The minimum atomic E-state index is -5.64. The first-order valence-corrected chi connectivity index (χ1v) is 16.0. The van der Waals surface area contributed by atoms with E-state index in [1.807, 2.05) is 72.8 Å². The van der Waals surface area contributed by atoms with E-state index in [9.17, 15) is 26.3 Å².